The van der Waals surface area contributed by atoms with Crippen LogP contribution in [0, 0.1) is 10.1 Å². The molecule has 0 saturated carbocycles. The van der Waals surface area contributed by atoms with Crippen LogP contribution in [-0.4, -0.2) is 22.5 Å². The highest BCUT2D eigenvalue weighted by Crippen LogP contribution is 2.22. The number of carbonyl (C=O) groups is 1. The van der Waals surface area contributed by atoms with Crippen molar-refractivity contribution >= 4 is 17.6 Å². The Morgan fingerprint density at radius 2 is 2.25 bits per heavy atom. The van der Waals surface area contributed by atoms with Gasteiger partial charge in [0, 0.05) is 9.95 Å². The fraction of sp³-hybridized carbons (Fsp3) is 0.300. The fourth-order valence-electron chi connectivity index (χ4n) is 1.44. The van der Waals surface area contributed by atoms with Crippen molar-refractivity contribution in [2.45, 2.75) is 12.3 Å². The molecule has 0 fully saturated rings. The number of rotatable bonds is 5. The lowest BCUT2D eigenvalue weighted by Crippen LogP contribution is -2.16. The van der Waals surface area contributed by atoms with Gasteiger partial charge in [-0.25, -0.2) is 0 Å². The molecule has 16 heavy (non-hydrogen) atoms. The molecule has 0 spiro atoms. The SMILES string of the molecule is O=C(O)C[C@@H](C[N+](=O)[O-])c1cccc(Cl)c1. The number of hydrogen-bond donors (Lipinski definition) is 1. The zero-order valence-corrected chi connectivity index (χ0v) is 9.05. The zero-order valence-electron chi connectivity index (χ0n) is 8.30. The molecule has 0 amide bonds. The van der Waals surface area contributed by atoms with Gasteiger partial charge in [-0.1, -0.05) is 23.7 Å². The largest absolute Gasteiger partial charge is 0.481 e. The molecule has 1 rings (SSSR count). The van der Waals surface area contributed by atoms with Crippen LogP contribution in [0.1, 0.15) is 17.9 Å². The van der Waals surface area contributed by atoms with Crippen molar-refractivity contribution in [3.8, 4) is 0 Å². The van der Waals surface area contributed by atoms with E-state index in [2.05, 4.69) is 0 Å². The standard InChI is InChI=1S/C10H10ClNO4/c11-9-3-1-2-7(4-9)8(5-10(13)14)6-12(15)16/h1-4,8H,5-6H2,(H,13,14)/t8-/m0/s1. The smallest absolute Gasteiger partial charge is 0.304 e. The highest BCUT2D eigenvalue weighted by Gasteiger charge is 2.21. The average molecular weight is 244 g/mol. The molecule has 0 bridgehead atoms. The summed E-state index contributed by atoms with van der Waals surface area (Å²) >= 11 is 5.74. The molecule has 0 saturated heterocycles. The van der Waals surface area contributed by atoms with Gasteiger partial charge in [0.15, 0.2) is 0 Å². The van der Waals surface area contributed by atoms with E-state index in [1.807, 2.05) is 0 Å². The van der Waals surface area contributed by atoms with Gasteiger partial charge in [-0.3, -0.25) is 14.9 Å². The second kappa shape index (κ2) is 5.46. The van der Waals surface area contributed by atoms with Crippen LogP contribution < -0.4 is 0 Å². The van der Waals surface area contributed by atoms with Crippen molar-refractivity contribution in [2.24, 2.45) is 0 Å². The molecule has 0 radical (unpaired) electrons. The van der Waals surface area contributed by atoms with Gasteiger partial charge in [0.2, 0.25) is 6.54 Å². The Morgan fingerprint density at radius 1 is 1.56 bits per heavy atom. The zero-order chi connectivity index (χ0) is 12.1. The van der Waals surface area contributed by atoms with E-state index in [9.17, 15) is 14.9 Å². The van der Waals surface area contributed by atoms with Gasteiger partial charge in [0.25, 0.3) is 0 Å². The van der Waals surface area contributed by atoms with Gasteiger partial charge in [-0.2, -0.15) is 0 Å². The van der Waals surface area contributed by atoms with E-state index in [4.69, 9.17) is 16.7 Å². The number of carboxylic acid groups (broad SMARTS) is 1. The van der Waals surface area contributed by atoms with Crippen molar-refractivity contribution in [1.82, 2.24) is 0 Å². The van der Waals surface area contributed by atoms with Gasteiger partial charge >= 0.3 is 5.97 Å². The Hall–Kier alpha value is -1.62. The maximum absolute atomic E-state index is 10.6. The van der Waals surface area contributed by atoms with Gasteiger partial charge < -0.3 is 5.11 Å². The van der Waals surface area contributed by atoms with Crippen molar-refractivity contribution in [3.05, 3.63) is 45.0 Å². The molecule has 0 aliphatic carbocycles. The molecule has 1 aromatic carbocycles. The predicted octanol–water partition coefficient (Wildman–Crippen LogP) is 2.17. The summed E-state index contributed by atoms with van der Waals surface area (Å²) in [6, 6.07) is 6.48. The van der Waals surface area contributed by atoms with E-state index in [1.54, 1.807) is 24.3 Å². The molecule has 1 N–H and O–H groups in total. The molecule has 1 aromatic rings. The maximum atomic E-state index is 10.6. The highest BCUT2D eigenvalue weighted by molar-refractivity contribution is 6.30. The third-order valence-corrected chi connectivity index (χ3v) is 2.35. The first kappa shape index (κ1) is 12.4. The van der Waals surface area contributed by atoms with E-state index in [1.165, 1.54) is 0 Å². The van der Waals surface area contributed by atoms with Gasteiger partial charge in [0.05, 0.1) is 12.3 Å². The van der Waals surface area contributed by atoms with E-state index in [-0.39, 0.29) is 6.42 Å². The molecule has 5 nitrogen and oxygen atoms in total. The van der Waals surface area contributed by atoms with Crippen LogP contribution in [0.3, 0.4) is 0 Å². The minimum absolute atomic E-state index is 0.276. The monoisotopic (exact) mass is 243 g/mol. The summed E-state index contributed by atoms with van der Waals surface area (Å²) in [7, 11) is 0. The Balaban J connectivity index is 2.90. The molecule has 0 aliphatic heterocycles. The minimum atomic E-state index is -1.06. The first-order valence-corrected chi connectivity index (χ1v) is 4.96. The third-order valence-electron chi connectivity index (χ3n) is 2.11. The topological polar surface area (TPSA) is 80.4 Å². The van der Waals surface area contributed by atoms with E-state index in [0.717, 1.165) is 0 Å². The molecule has 1 atom stereocenters. The Kier molecular flexibility index (Phi) is 4.25. The van der Waals surface area contributed by atoms with Gasteiger partial charge in [0.1, 0.15) is 0 Å². The molecular weight excluding hydrogens is 234 g/mol. The molecule has 0 aromatic heterocycles. The van der Waals surface area contributed by atoms with Crippen LogP contribution in [0.4, 0.5) is 0 Å². The van der Waals surface area contributed by atoms with Crippen LogP contribution in [0.5, 0.6) is 0 Å². The minimum Gasteiger partial charge on any atom is -0.481 e. The van der Waals surface area contributed by atoms with E-state index < -0.39 is 23.4 Å². The number of nitro groups is 1. The summed E-state index contributed by atoms with van der Waals surface area (Å²) < 4.78 is 0. The normalized spacial score (nSPS) is 12.1. The summed E-state index contributed by atoms with van der Waals surface area (Å²) in [4.78, 5) is 20.5. The molecule has 0 heterocycles. The van der Waals surface area contributed by atoms with E-state index >= 15 is 0 Å². The lowest BCUT2D eigenvalue weighted by Gasteiger charge is -2.10. The summed E-state index contributed by atoms with van der Waals surface area (Å²) in [6.45, 7) is -0.410. The molecule has 0 aliphatic rings. The summed E-state index contributed by atoms with van der Waals surface area (Å²) in [6.07, 6.45) is -0.276. The quantitative estimate of drug-likeness (QED) is 0.635. The number of nitrogens with zero attached hydrogens (tertiary/aromatic N) is 1. The lowest BCUT2D eigenvalue weighted by atomic mass is 9.96. The van der Waals surface area contributed by atoms with Crippen molar-refractivity contribution in [2.75, 3.05) is 6.54 Å². The number of hydrogen-bond acceptors (Lipinski definition) is 3. The second-order valence-corrected chi connectivity index (χ2v) is 3.80. The Bertz CT molecular complexity index is 392. The molecule has 0 unspecified atom stereocenters. The maximum Gasteiger partial charge on any atom is 0.304 e. The van der Waals surface area contributed by atoms with Crippen molar-refractivity contribution < 1.29 is 14.8 Å². The fourth-order valence-corrected chi connectivity index (χ4v) is 1.64. The summed E-state index contributed by atoms with van der Waals surface area (Å²) in [5, 5.41) is 19.5. The number of carboxylic acids is 1. The third kappa shape index (κ3) is 3.86. The van der Waals surface area contributed by atoms with Crippen LogP contribution in [0.2, 0.25) is 5.02 Å². The van der Waals surface area contributed by atoms with Gasteiger partial charge in [-0.15, -0.1) is 0 Å². The van der Waals surface area contributed by atoms with E-state index in [0.29, 0.717) is 10.6 Å². The van der Waals surface area contributed by atoms with Crippen molar-refractivity contribution in [3.63, 3.8) is 0 Å². The Labute approximate surface area is 96.8 Å². The second-order valence-electron chi connectivity index (χ2n) is 3.37. The van der Waals surface area contributed by atoms with Crippen LogP contribution in [0.25, 0.3) is 0 Å². The van der Waals surface area contributed by atoms with Crippen LogP contribution in [-0.2, 0) is 4.79 Å². The molecule has 86 valence electrons. The number of benzene rings is 1. The first-order chi connectivity index (χ1) is 7.49. The average Bonchev–Trinajstić information content (AvgIpc) is 2.15. The molecule has 6 heteroatoms. The highest BCUT2D eigenvalue weighted by atomic mass is 35.5. The summed E-state index contributed by atoms with van der Waals surface area (Å²) in [5.41, 5.74) is 0.576. The lowest BCUT2D eigenvalue weighted by molar-refractivity contribution is -0.483. The van der Waals surface area contributed by atoms with Crippen LogP contribution >= 0.6 is 11.6 Å². The number of aliphatic carboxylic acids is 1. The molecular formula is C10H10ClNO4. The van der Waals surface area contributed by atoms with Gasteiger partial charge in [-0.05, 0) is 17.7 Å². The van der Waals surface area contributed by atoms with Crippen molar-refractivity contribution in [1.29, 1.82) is 0 Å². The summed E-state index contributed by atoms with van der Waals surface area (Å²) in [5.74, 6) is -1.71. The predicted molar refractivity (Wildman–Crippen MR) is 58.3 cm³/mol. The number of halogens is 1. The Morgan fingerprint density at radius 3 is 2.75 bits per heavy atom. The van der Waals surface area contributed by atoms with Crippen LogP contribution in [0.15, 0.2) is 24.3 Å². The first-order valence-electron chi connectivity index (χ1n) is 4.58.